The molecule has 0 fully saturated rings. The number of phenols is 1. The summed E-state index contributed by atoms with van der Waals surface area (Å²) in [5.41, 5.74) is 1.01. The van der Waals surface area contributed by atoms with E-state index >= 15 is 0 Å². The van der Waals surface area contributed by atoms with Gasteiger partial charge in [-0.25, -0.2) is 0 Å². The quantitative estimate of drug-likeness (QED) is 0.570. The Morgan fingerprint density at radius 2 is 1.93 bits per heavy atom. The molecule has 1 aromatic carbocycles. The largest absolute Gasteiger partial charge is 0.508 e. The van der Waals surface area contributed by atoms with Crippen molar-refractivity contribution < 1.29 is 5.11 Å². The number of thioether (sulfide) groups is 1. The summed E-state index contributed by atoms with van der Waals surface area (Å²) in [6.07, 6.45) is 1.99. The Hall–Kier alpha value is -1.16. The van der Waals surface area contributed by atoms with Crippen LogP contribution < -0.4 is 4.90 Å². The van der Waals surface area contributed by atoms with Gasteiger partial charge in [-0.1, -0.05) is 11.8 Å². The molecule has 0 radical (unpaired) electrons. The van der Waals surface area contributed by atoms with Gasteiger partial charge < -0.3 is 10.0 Å². The van der Waals surface area contributed by atoms with Crippen molar-refractivity contribution in [2.45, 2.75) is 0 Å². The van der Waals surface area contributed by atoms with Gasteiger partial charge in [-0.3, -0.25) is 4.99 Å². The van der Waals surface area contributed by atoms with Crippen LogP contribution in [0.2, 0.25) is 0 Å². The highest BCUT2D eigenvalue weighted by Crippen LogP contribution is 2.19. The molecule has 0 atom stereocenters. The zero-order valence-corrected chi connectivity index (χ0v) is 9.38. The van der Waals surface area contributed by atoms with Crippen LogP contribution in [0.4, 0.5) is 5.69 Å². The second-order valence-electron chi connectivity index (χ2n) is 2.79. The second-order valence-corrected chi connectivity index (χ2v) is 3.56. The van der Waals surface area contributed by atoms with Crippen LogP contribution in [0.25, 0.3) is 0 Å². The highest BCUT2D eigenvalue weighted by atomic mass is 32.2. The van der Waals surface area contributed by atoms with Crippen LogP contribution in [0.15, 0.2) is 29.3 Å². The SMILES string of the molecule is CN=C(SC)N(C)c1ccc(O)cc1. The molecule has 4 heteroatoms. The van der Waals surface area contributed by atoms with Gasteiger partial charge in [-0.2, -0.15) is 0 Å². The molecule has 0 aliphatic rings. The molecule has 76 valence electrons. The van der Waals surface area contributed by atoms with E-state index < -0.39 is 0 Å². The van der Waals surface area contributed by atoms with Crippen LogP contribution in [0.3, 0.4) is 0 Å². The molecule has 0 aliphatic heterocycles. The lowest BCUT2D eigenvalue weighted by atomic mass is 10.3. The minimum absolute atomic E-state index is 0.279. The average molecular weight is 210 g/mol. The zero-order valence-electron chi connectivity index (χ0n) is 8.56. The van der Waals surface area contributed by atoms with Crippen molar-refractivity contribution >= 4 is 22.6 Å². The minimum Gasteiger partial charge on any atom is -0.508 e. The van der Waals surface area contributed by atoms with E-state index in [9.17, 15) is 0 Å². The fraction of sp³-hybridized carbons (Fsp3) is 0.300. The summed E-state index contributed by atoms with van der Waals surface area (Å²) in [5.74, 6) is 0.279. The lowest BCUT2D eigenvalue weighted by Crippen LogP contribution is -2.22. The molecular weight excluding hydrogens is 196 g/mol. The molecule has 0 spiro atoms. The van der Waals surface area contributed by atoms with Crippen molar-refractivity contribution in [3.63, 3.8) is 0 Å². The molecule has 0 bridgehead atoms. The van der Waals surface area contributed by atoms with E-state index in [4.69, 9.17) is 5.11 Å². The van der Waals surface area contributed by atoms with E-state index in [-0.39, 0.29) is 5.75 Å². The first-order chi connectivity index (χ1) is 6.69. The topological polar surface area (TPSA) is 35.8 Å². The number of amidine groups is 1. The van der Waals surface area contributed by atoms with Crippen molar-refractivity contribution in [3.8, 4) is 5.75 Å². The van der Waals surface area contributed by atoms with E-state index in [1.165, 1.54) is 0 Å². The molecule has 0 amide bonds. The fourth-order valence-corrected chi connectivity index (χ4v) is 1.73. The first-order valence-electron chi connectivity index (χ1n) is 4.22. The molecule has 0 aromatic heterocycles. The zero-order chi connectivity index (χ0) is 10.6. The fourth-order valence-electron chi connectivity index (χ4n) is 1.16. The number of anilines is 1. The number of nitrogens with zero attached hydrogens (tertiary/aromatic N) is 2. The first kappa shape index (κ1) is 10.9. The van der Waals surface area contributed by atoms with Crippen molar-refractivity contribution in [3.05, 3.63) is 24.3 Å². The first-order valence-corrected chi connectivity index (χ1v) is 5.45. The molecule has 0 heterocycles. The maximum absolute atomic E-state index is 9.14. The lowest BCUT2D eigenvalue weighted by molar-refractivity contribution is 0.475. The van der Waals surface area contributed by atoms with Gasteiger partial charge in [0.25, 0.3) is 0 Å². The van der Waals surface area contributed by atoms with Crippen molar-refractivity contribution in [2.75, 3.05) is 25.3 Å². The molecule has 14 heavy (non-hydrogen) atoms. The third kappa shape index (κ3) is 2.42. The Morgan fingerprint density at radius 1 is 1.36 bits per heavy atom. The van der Waals surface area contributed by atoms with Crippen LogP contribution >= 0.6 is 11.8 Å². The molecule has 1 rings (SSSR count). The normalized spacial score (nSPS) is 11.5. The van der Waals surface area contributed by atoms with E-state index in [2.05, 4.69) is 4.99 Å². The van der Waals surface area contributed by atoms with Crippen molar-refractivity contribution in [1.82, 2.24) is 0 Å². The highest BCUT2D eigenvalue weighted by Gasteiger charge is 2.05. The molecule has 1 N–H and O–H groups in total. The number of phenolic OH excluding ortho intramolecular Hbond substituents is 1. The predicted molar refractivity (Wildman–Crippen MR) is 63.4 cm³/mol. The van der Waals surface area contributed by atoms with Crippen LogP contribution in [0.1, 0.15) is 0 Å². The van der Waals surface area contributed by atoms with E-state index in [0.717, 1.165) is 10.9 Å². The summed E-state index contributed by atoms with van der Waals surface area (Å²) in [6, 6.07) is 7.05. The van der Waals surface area contributed by atoms with Gasteiger partial charge in [0.05, 0.1) is 0 Å². The van der Waals surface area contributed by atoms with Crippen LogP contribution in [-0.2, 0) is 0 Å². The smallest absolute Gasteiger partial charge is 0.162 e. The van der Waals surface area contributed by atoms with Crippen molar-refractivity contribution in [2.24, 2.45) is 4.99 Å². The molecule has 1 aromatic rings. The maximum Gasteiger partial charge on any atom is 0.162 e. The summed E-state index contributed by atoms with van der Waals surface area (Å²) in [7, 11) is 3.72. The molecule has 0 saturated heterocycles. The summed E-state index contributed by atoms with van der Waals surface area (Å²) in [5, 5.41) is 10.1. The monoisotopic (exact) mass is 210 g/mol. The maximum atomic E-state index is 9.14. The van der Waals surface area contributed by atoms with Crippen LogP contribution in [-0.4, -0.2) is 30.6 Å². The highest BCUT2D eigenvalue weighted by molar-refractivity contribution is 8.13. The predicted octanol–water partition coefficient (Wildman–Crippen LogP) is 2.18. The summed E-state index contributed by atoms with van der Waals surface area (Å²) < 4.78 is 0. The number of hydrogen-bond donors (Lipinski definition) is 1. The molecular formula is C10H14N2OS. The van der Waals surface area contributed by atoms with Crippen LogP contribution in [0.5, 0.6) is 5.75 Å². The molecule has 3 nitrogen and oxygen atoms in total. The number of aliphatic imine (C=N–C) groups is 1. The molecule has 0 aliphatic carbocycles. The summed E-state index contributed by atoms with van der Waals surface area (Å²) in [6.45, 7) is 0. The number of benzene rings is 1. The third-order valence-corrected chi connectivity index (χ3v) is 2.72. The standard InChI is InChI=1S/C10H14N2OS/c1-11-10(14-3)12(2)8-4-6-9(13)7-5-8/h4-7,13H,1-3H3. The van der Waals surface area contributed by atoms with Crippen molar-refractivity contribution in [1.29, 1.82) is 0 Å². The Labute approximate surface area is 88.5 Å². The van der Waals surface area contributed by atoms with Gasteiger partial charge in [0.2, 0.25) is 0 Å². The number of hydrogen-bond acceptors (Lipinski definition) is 3. The number of rotatable bonds is 1. The van der Waals surface area contributed by atoms with E-state index in [0.29, 0.717) is 0 Å². The Morgan fingerprint density at radius 3 is 2.36 bits per heavy atom. The van der Waals surface area contributed by atoms with Crippen LogP contribution in [0, 0.1) is 0 Å². The van der Waals surface area contributed by atoms with Gasteiger partial charge in [0.15, 0.2) is 5.17 Å². The summed E-state index contributed by atoms with van der Waals surface area (Å²) in [4.78, 5) is 6.12. The number of aromatic hydroxyl groups is 1. The minimum atomic E-state index is 0.279. The van der Waals surface area contributed by atoms with Gasteiger partial charge in [-0.15, -0.1) is 0 Å². The Kier molecular flexibility index (Phi) is 3.83. The Bertz CT molecular complexity index is 321. The van der Waals surface area contributed by atoms with Gasteiger partial charge >= 0.3 is 0 Å². The second kappa shape index (κ2) is 4.91. The van der Waals surface area contributed by atoms with Gasteiger partial charge in [-0.05, 0) is 30.5 Å². The van der Waals surface area contributed by atoms with Gasteiger partial charge in [0, 0.05) is 19.8 Å². The van der Waals surface area contributed by atoms with E-state index in [1.54, 1.807) is 30.9 Å². The third-order valence-electron chi connectivity index (χ3n) is 1.90. The van der Waals surface area contributed by atoms with Gasteiger partial charge in [0.1, 0.15) is 5.75 Å². The van der Waals surface area contributed by atoms with E-state index in [1.807, 2.05) is 30.3 Å². The average Bonchev–Trinajstić information content (AvgIpc) is 2.20. The lowest BCUT2D eigenvalue weighted by Gasteiger charge is -2.19. The Balaban J connectivity index is 2.89. The molecule has 0 unspecified atom stereocenters. The summed E-state index contributed by atoms with van der Waals surface area (Å²) >= 11 is 1.59. The molecule has 0 saturated carbocycles.